The van der Waals surface area contributed by atoms with Crippen LogP contribution in [0.5, 0.6) is 11.5 Å². The van der Waals surface area contributed by atoms with E-state index in [0.29, 0.717) is 11.0 Å². The van der Waals surface area contributed by atoms with E-state index in [0.717, 1.165) is 22.2 Å². The van der Waals surface area contributed by atoms with Gasteiger partial charge in [-0.3, -0.25) is 0 Å². The molecule has 0 aliphatic heterocycles. The first-order valence-electron chi connectivity index (χ1n) is 7.65. The van der Waals surface area contributed by atoms with Crippen molar-refractivity contribution in [3.8, 4) is 11.5 Å². The predicted molar refractivity (Wildman–Crippen MR) is 103 cm³/mol. The zero-order valence-corrected chi connectivity index (χ0v) is 13.6. The molecule has 2 heterocycles. The van der Waals surface area contributed by atoms with Gasteiger partial charge >= 0.3 is 29.6 Å². The summed E-state index contributed by atoms with van der Waals surface area (Å²) in [5, 5.41) is 20.8. The first-order chi connectivity index (χ1) is 11.5. The van der Waals surface area contributed by atoms with E-state index < -0.39 is 0 Å². The van der Waals surface area contributed by atoms with Crippen LogP contribution in [0.4, 0.5) is 0 Å². The Bertz CT molecular complexity index is 936. The number of hydrogen-bond donors (Lipinski definition) is 2. The maximum absolute atomic E-state index is 9.43. The zero-order chi connectivity index (χ0) is 17.1. The van der Waals surface area contributed by atoms with Crippen LogP contribution in [0, 0.1) is 13.8 Å². The van der Waals surface area contributed by atoms with Gasteiger partial charge in [0.1, 0.15) is 22.5 Å². The Balaban J connectivity index is 0.000000173. The van der Waals surface area contributed by atoms with Crippen molar-refractivity contribution in [2.24, 2.45) is 0 Å². The standard InChI is InChI=1S/2C10H9NO.Na.H/c2*1-7-5-6-8-3-2-4-9(12)10(8)11-7;;/h2*2-6,12H,1H3;;. The summed E-state index contributed by atoms with van der Waals surface area (Å²) in [4.78, 5) is 8.45. The molecular weight excluding hydrogens is 323 g/mol. The van der Waals surface area contributed by atoms with E-state index >= 15 is 0 Å². The molecule has 4 aromatic rings. The molecule has 2 N–H and O–H groups in total. The second kappa shape index (κ2) is 8.30. The number of aromatic nitrogens is 2. The monoisotopic (exact) mass is 342 g/mol. The third-order valence-corrected chi connectivity index (χ3v) is 3.68. The minimum absolute atomic E-state index is 0. The first kappa shape index (κ1) is 19.2. The van der Waals surface area contributed by atoms with Crippen molar-refractivity contribution in [1.29, 1.82) is 0 Å². The Morgan fingerprint density at radius 2 is 1.00 bits per heavy atom. The number of fused-ring (bicyclic) bond motifs is 2. The maximum atomic E-state index is 9.43. The van der Waals surface area contributed by atoms with Crippen molar-refractivity contribution >= 4 is 51.4 Å². The molecule has 0 aliphatic rings. The molecule has 25 heavy (non-hydrogen) atoms. The van der Waals surface area contributed by atoms with Crippen molar-refractivity contribution < 1.29 is 10.2 Å². The van der Waals surface area contributed by atoms with E-state index in [2.05, 4.69) is 9.97 Å². The molecule has 0 radical (unpaired) electrons. The van der Waals surface area contributed by atoms with Gasteiger partial charge in [-0.25, -0.2) is 9.97 Å². The van der Waals surface area contributed by atoms with Crippen LogP contribution in [-0.4, -0.2) is 49.7 Å². The van der Waals surface area contributed by atoms with Gasteiger partial charge < -0.3 is 10.2 Å². The van der Waals surface area contributed by atoms with Gasteiger partial charge in [-0.2, -0.15) is 0 Å². The van der Waals surface area contributed by atoms with Crippen molar-refractivity contribution in [2.45, 2.75) is 13.8 Å². The summed E-state index contributed by atoms with van der Waals surface area (Å²) in [6, 6.07) is 18.6. The summed E-state index contributed by atoms with van der Waals surface area (Å²) < 4.78 is 0. The summed E-state index contributed by atoms with van der Waals surface area (Å²) in [6.07, 6.45) is 0. The number of hydrogen-bond acceptors (Lipinski definition) is 4. The van der Waals surface area contributed by atoms with E-state index in [-0.39, 0.29) is 41.1 Å². The zero-order valence-electron chi connectivity index (χ0n) is 13.6. The van der Waals surface area contributed by atoms with Gasteiger partial charge in [-0.05, 0) is 38.1 Å². The van der Waals surface area contributed by atoms with Gasteiger partial charge in [0.05, 0.1) is 0 Å². The average molecular weight is 342 g/mol. The molecule has 4 nitrogen and oxygen atoms in total. The molecule has 0 amide bonds. The molecule has 5 heteroatoms. The first-order valence-corrected chi connectivity index (χ1v) is 7.65. The summed E-state index contributed by atoms with van der Waals surface area (Å²) in [5.41, 5.74) is 3.20. The topological polar surface area (TPSA) is 66.2 Å². The number of rotatable bonds is 0. The number of para-hydroxylation sites is 2. The Morgan fingerprint density at radius 3 is 1.40 bits per heavy atom. The molecule has 0 unspecified atom stereocenters. The van der Waals surface area contributed by atoms with Crippen LogP contribution in [0.3, 0.4) is 0 Å². The second-order valence-electron chi connectivity index (χ2n) is 5.60. The number of aromatic hydroxyl groups is 2. The minimum atomic E-state index is 0. The molecule has 122 valence electrons. The van der Waals surface area contributed by atoms with Crippen LogP contribution in [-0.2, 0) is 0 Å². The van der Waals surface area contributed by atoms with Crippen LogP contribution in [0.15, 0.2) is 60.7 Å². The fraction of sp³-hybridized carbons (Fsp3) is 0.100. The van der Waals surface area contributed by atoms with Gasteiger partial charge in [0.2, 0.25) is 0 Å². The van der Waals surface area contributed by atoms with Crippen LogP contribution in [0.1, 0.15) is 11.4 Å². The molecule has 0 atom stereocenters. The predicted octanol–water partition coefficient (Wildman–Crippen LogP) is 3.85. The third-order valence-electron chi connectivity index (χ3n) is 3.68. The van der Waals surface area contributed by atoms with E-state index in [1.54, 1.807) is 12.1 Å². The molecule has 2 aromatic carbocycles. The summed E-state index contributed by atoms with van der Waals surface area (Å²) in [7, 11) is 0. The van der Waals surface area contributed by atoms with Crippen molar-refractivity contribution in [1.82, 2.24) is 9.97 Å². The number of nitrogens with zero attached hydrogens (tertiary/aromatic N) is 2. The van der Waals surface area contributed by atoms with Crippen LogP contribution < -0.4 is 0 Å². The SMILES string of the molecule is Cc1ccc2cccc(O)c2n1.Cc1ccc2cccc(O)c2n1.[NaH]. The summed E-state index contributed by atoms with van der Waals surface area (Å²) >= 11 is 0. The fourth-order valence-corrected chi connectivity index (χ4v) is 2.46. The Kier molecular flexibility index (Phi) is 6.37. The van der Waals surface area contributed by atoms with E-state index in [1.807, 2.05) is 62.4 Å². The van der Waals surface area contributed by atoms with E-state index in [9.17, 15) is 10.2 Å². The summed E-state index contributed by atoms with van der Waals surface area (Å²) in [5.74, 6) is 0.493. The number of aryl methyl sites for hydroxylation is 2. The normalized spacial score (nSPS) is 10.0. The van der Waals surface area contributed by atoms with Crippen LogP contribution >= 0.6 is 0 Å². The number of phenolic OH excluding ortho intramolecular Hbond substituents is 2. The summed E-state index contributed by atoms with van der Waals surface area (Å²) in [6.45, 7) is 3.82. The van der Waals surface area contributed by atoms with Gasteiger partial charge in [-0.1, -0.05) is 36.4 Å². The second-order valence-corrected chi connectivity index (χ2v) is 5.60. The van der Waals surface area contributed by atoms with Crippen LogP contribution in [0.2, 0.25) is 0 Å². The van der Waals surface area contributed by atoms with Crippen LogP contribution in [0.25, 0.3) is 21.8 Å². The number of benzene rings is 2. The quantitative estimate of drug-likeness (QED) is 0.476. The molecule has 0 fully saturated rings. The molecule has 0 spiro atoms. The van der Waals surface area contributed by atoms with Gasteiger partial charge in [0, 0.05) is 22.2 Å². The molecular formula is C20H19N2NaO2. The fourth-order valence-electron chi connectivity index (χ4n) is 2.46. The molecule has 0 bridgehead atoms. The van der Waals surface area contributed by atoms with Gasteiger partial charge in [0.15, 0.2) is 0 Å². The molecule has 2 aromatic heterocycles. The van der Waals surface area contributed by atoms with Crippen molar-refractivity contribution in [2.75, 3.05) is 0 Å². The Labute approximate surface area is 168 Å². The van der Waals surface area contributed by atoms with Gasteiger partial charge in [-0.15, -0.1) is 0 Å². The molecule has 0 aliphatic carbocycles. The molecule has 0 saturated heterocycles. The van der Waals surface area contributed by atoms with Crippen molar-refractivity contribution in [3.63, 3.8) is 0 Å². The average Bonchev–Trinajstić information content (AvgIpc) is 2.57. The third kappa shape index (κ3) is 4.48. The van der Waals surface area contributed by atoms with Crippen molar-refractivity contribution in [3.05, 3.63) is 72.1 Å². The molecule has 0 saturated carbocycles. The van der Waals surface area contributed by atoms with E-state index in [4.69, 9.17) is 0 Å². The van der Waals surface area contributed by atoms with E-state index in [1.165, 1.54) is 0 Å². The number of pyridine rings is 2. The molecule has 4 rings (SSSR count). The Morgan fingerprint density at radius 1 is 0.600 bits per heavy atom. The van der Waals surface area contributed by atoms with Gasteiger partial charge in [0.25, 0.3) is 0 Å². The number of phenols is 2. The Hall–Kier alpha value is -2.14.